The lowest BCUT2D eigenvalue weighted by Gasteiger charge is -2.11. The maximum Gasteiger partial charge on any atom is 0.127 e. The topological polar surface area (TPSA) is 47.3 Å². The van der Waals surface area contributed by atoms with E-state index in [9.17, 15) is 4.39 Å². The van der Waals surface area contributed by atoms with Crippen molar-refractivity contribution < 1.29 is 9.13 Å². The largest absolute Gasteiger partial charge is 0.491 e. The lowest BCUT2D eigenvalue weighted by Crippen LogP contribution is -2.05. The zero-order valence-corrected chi connectivity index (χ0v) is 11.0. The number of hydrogen-bond donors (Lipinski definition) is 2. The molecule has 2 aromatic carbocycles. The van der Waals surface area contributed by atoms with E-state index < -0.39 is 0 Å². The molecule has 2 rings (SSSR count). The van der Waals surface area contributed by atoms with Crippen LogP contribution in [0.3, 0.4) is 0 Å². The third-order valence-corrected chi connectivity index (χ3v) is 2.43. The molecule has 2 aromatic rings. The van der Waals surface area contributed by atoms with Crippen molar-refractivity contribution in [1.29, 1.82) is 0 Å². The van der Waals surface area contributed by atoms with Gasteiger partial charge >= 0.3 is 0 Å². The Morgan fingerprint density at radius 2 is 1.74 bits per heavy atom. The second kappa shape index (κ2) is 5.61. The lowest BCUT2D eigenvalue weighted by atomic mass is 10.2. The highest BCUT2D eigenvalue weighted by molar-refractivity contribution is 5.64. The van der Waals surface area contributed by atoms with Gasteiger partial charge in [-0.3, -0.25) is 0 Å². The standard InChI is InChI=1S/C15H17FN2O/c1-10(2)19-15-5-3-13(4-6-15)18-14-8-11(16)7-12(17)9-14/h3-10,18H,17H2,1-2H3. The van der Waals surface area contributed by atoms with Crippen LogP contribution in [0.25, 0.3) is 0 Å². The number of halogens is 1. The molecular formula is C15H17FN2O. The van der Waals surface area contributed by atoms with Gasteiger partial charge in [0.05, 0.1) is 6.10 Å². The van der Waals surface area contributed by atoms with Crippen LogP contribution >= 0.6 is 0 Å². The van der Waals surface area contributed by atoms with Gasteiger partial charge in [-0.15, -0.1) is 0 Å². The number of hydrogen-bond acceptors (Lipinski definition) is 3. The van der Waals surface area contributed by atoms with Crippen molar-refractivity contribution in [3.05, 3.63) is 48.3 Å². The van der Waals surface area contributed by atoms with E-state index >= 15 is 0 Å². The van der Waals surface area contributed by atoms with Crippen LogP contribution in [0.2, 0.25) is 0 Å². The normalized spacial score (nSPS) is 10.5. The van der Waals surface area contributed by atoms with Crippen molar-refractivity contribution in [2.45, 2.75) is 20.0 Å². The predicted octanol–water partition coefficient (Wildman–Crippen LogP) is 3.94. The minimum Gasteiger partial charge on any atom is -0.491 e. The fraction of sp³-hybridized carbons (Fsp3) is 0.200. The SMILES string of the molecule is CC(C)Oc1ccc(Nc2cc(N)cc(F)c2)cc1. The molecule has 0 radical (unpaired) electrons. The zero-order chi connectivity index (χ0) is 13.8. The first kappa shape index (κ1) is 13.2. The Labute approximate surface area is 112 Å². The van der Waals surface area contributed by atoms with Crippen LogP contribution in [0.1, 0.15) is 13.8 Å². The Bertz CT molecular complexity index is 532. The molecule has 0 fully saturated rings. The number of nitrogens with two attached hydrogens (primary N) is 1. The number of rotatable bonds is 4. The van der Waals surface area contributed by atoms with E-state index in [0.29, 0.717) is 11.4 Å². The fourth-order valence-corrected chi connectivity index (χ4v) is 1.74. The molecule has 3 nitrogen and oxygen atoms in total. The highest BCUT2D eigenvalue weighted by Crippen LogP contribution is 2.23. The lowest BCUT2D eigenvalue weighted by molar-refractivity contribution is 0.242. The minimum absolute atomic E-state index is 0.141. The van der Waals surface area contributed by atoms with E-state index in [2.05, 4.69) is 5.32 Å². The van der Waals surface area contributed by atoms with Gasteiger partial charge in [0.15, 0.2) is 0 Å². The second-order valence-electron chi connectivity index (χ2n) is 4.59. The molecule has 0 heterocycles. The van der Waals surface area contributed by atoms with Gasteiger partial charge in [0, 0.05) is 17.1 Å². The maximum absolute atomic E-state index is 13.2. The van der Waals surface area contributed by atoms with Gasteiger partial charge in [-0.25, -0.2) is 4.39 Å². The highest BCUT2D eigenvalue weighted by Gasteiger charge is 2.01. The van der Waals surface area contributed by atoms with Gasteiger partial charge in [-0.1, -0.05) is 0 Å². The highest BCUT2D eigenvalue weighted by atomic mass is 19.1. The van der Waals surface area contributed by atoms with Gasteiger partial charge in [0.25, 0.3) is 0 Å². The van der Waals surface area contributed by atoms with Gasteiger partial charge in [-0.2, -0.15) is 0 Å². The quantitative estimate of drug-likeness (QED) is 0.818. The Kier molecular flexibility index (Phi) is 3.90. The Morgan fingerprint density at radius 3 is 2.32 bits per heavy atom. The summed E-state index contributed by atoms with van der Waals surface area (Å²) in [6, 6.07) is 11.8. The summed E-state index contributed by atoms with van der Waals surface area (Å²) in [6.07, 6.45) is 0.141. The molecule has 0 saturated heterocycles. The first-order valence-corrected chi connectivity index (χ1v) is 6.13. The van der Waals surface area contributed by atoms with Crippen molar-refractivity contribution in [2.24, 2.45) is 0 Å². The Balaban J connectivity index is 2.10. The maximum atomic E-state index is 13.2. The molecule has 4 heteroatoms. The minimum atomic E-state index is -0.359. The van der Waals surface area contributed by atoms with Crippen LogP contribution in [0, 0.1) is 5.82 Å². The van der Waals surface area contributed by atoms with E-state index in [0.717, 1.165) is 11.4 Å². The van der Waals surface area contributed by atoms with Crippen LogP contribution in [0.4, 0.5) is 21.5 Å². The summed E-state index contributed by atoms with van der Waals surface area (Å²) in [4.78, 5) is 0. The first-order chi connectivity index (χ1) is 9.02. The van der Waals surface area contributed by atoms with Crippen LogP contribution in [-0.2, 0) is 0 Å². The summed E-state index contributed by atoms with van der Waals surface area (Å²) in [5, 5.41) is 3.09. The Morgan fingerprint density at radius 1 is 1.05 bits per heavy atom. The van der Waals surface area contributed by atoms with Crippen LogP contribution < -0.4 is 15.8 Å². The van der Waals surface area contributed by atoms with Gasteiger partial charge in [0.2, 0.25) is 0 Å². The van der Waals surface area contributed by atoms with E-state index in [4.69, 9.17) is 10.5 Å². The molecule has 0 unspecified atom stereocenters. The summed E-state index contributed by atoms with van der Waals surface area (Å²) in [5.74, 6) is 0.446. The molecule has 0 saturated carbocycles. The smallest absolute Gasteiger partial charge is 0.127 e. The number of benzene rings is 2. The molecule has 0 spiro atoms. The summed E-state index contributed by atoms with van der Waals surface area (Å²) >= 11 is 0. The molecule has 0 aliphatic rings. The van der Waals surface area contributed by atoms with E-state index in [1.807, 2.05) is 38.1 Å². The molecule has 100 valence electrons. The van der Waals surface area contributed by atoms with Gasteiger partial charge in [0.1, 0.15) is 11.6 Å². The van der Waals surface area contributed by atoms with Crippen LogP contribution in [0.15, 0.2) is 42.5 Å². The van der Waals surface area contributed by atoms with E-state index in [1.165, 1.54) is 12.1 Å². The number of ether oxygens (including phenoxy) is 1. The number of nitrogens with one attached hydrogen (secondary N) is 1. The molecule has 0 aliphatic heterocycles. The monoisotopic (exact) mass is 260 g/mol. The first-order valence-electron chi connectivity index (χ1n) is 6.13. The molecule has 19 heavy (non-hydrogen) atoms. The average Bonchev–Trinajstić information content (AvgIpc) is 2.29. The zero-order valence-electron chi connectivity index (χ0n) is 11.0. The van der Waals surface area contributed by atoms with Crippen LogP contribution in [-0.4, -0.2) is 6.10 Å². The summed E-state index contributed by atoms with van der Waals surface area (Å²) in [5.41, 5.74) is 7.45. The Hall–Kier alpha value is -2.23. The number of anilines is 3. The summed E-state index contributed by atoms with van der Waals surface area (Å²) in [7, 11) is 0. The van der Waals surface area contributed by atoms with Crippen molar-refractivity contribution >= 4 is 17.1 Å². The second-order valence-corrected chi connectivity index (χ2v) is 4.59. The molecule has 0 bridgehead atoms. The molecule has 0 atom stereocenters. The molecule has 3 N–H and O–H groups in total. The number of nitrogen functional groups attached to an aromatic ring is 1. The van der Waals surface area contributed by atoms with E-state index in [1.54, 1.807) is 6.07 Å². The molecule has 0 aliphatic carbocycles. The summed E-state index contributed by atoms with van der Waals surface area (Å²) in [6.45, 7) is 3.95. The predicted molar refractivity (Wildman–Crippen MR) is 76.3 cm³/mol. The van der Waals surface area contributed by atoms with E-state index in [-0.39, 0.29) is 11.9 Å². The van der Waals surface area contributed by atoms with Gasteiger partial charge in [-0.05, 0) is 56.3 Å². The van der Waals surface area contributed by atoms with Crippen molar-refractivity contribution in [3.8, 4) is 5.75 Å². The fourth-order valence-electron chi connectivity index (χ4n) is 1.74. The van der Waals surface area contributed by atoms with Crippen molar-refractivity contribution in [3.63, 3.8) is 0 Å². The van der Waals surface area contributed by atoms with Crippen LogP contribution in [0.5, 0.6) is 5.75 Å². The molecular weight excluding hydrogens is 243 g/mol. The van der Waals surface area contributed by atoms with Crippen molar-refractivity contribution in [1.82, 2.24) is 0 Å². The third-order valence-electron chi connectivity index (χ3n) is 2.43. The van der Waals surface area contributed by atoms with Crippen molar-refractivity contribution in [2.75, 3.05) is 11.1 Å². The molecule has 0 aromatic heterocycles. The average molecular weight is 260 g/mol. The third kappa shape index (κ3) is 3.88. The van der Waals surface area contributed by atoms with Gasteiger partial charge < -0.3 is 15.8 Å². The molecule has 0 amide bonds. The summed E-state index contributed by atoms with van der Waals surface area (Å²) < 4.78 is 18.7.